The van der Waals surface area contributed by atoms with Gasteiger partial charge >= 0.3 is 0 Å². The zero-order chi connectivity index (χ0) is 12.8. The van der Waals surface area contributed by atoms with Gasteiger partial charge in [-0.1, -0.05) is 38.5 Å². The van der Waals surface area contributed by atoms with E-state index < -0.39 is 0 Å². The Bertz CT molecular complexity index is 198. The molecular weight excluding hydrogens is 224 g/mol. The molecule has 0 heterocycles. The molecule has 18 heavy (non-hydrogen) atoms. The number of hydrogen-bond acceptors (Lipinski definition) is 4. The van der Waals surface area contributed by atoms with Gasteiger partial charge in [0.15, 0.2) is 0 Å². The van der Waals surface area contributed by atoms with Crippen LogP contribution in [0.3, 0.4) is 0 Å². The smallest absolute Gasteiger partial charge is 0.0273 e. The number of rotatable bonds is 5. The Hall–Kier alpha value is -0.160. The third-order valence-electron chi connectivity index (χ3n) is 4.70. The normalized spacial score (nSPS) is 24.0. The zero-order valence-electron chi connectivity index (χ0n) is 11.7. The summed E-state index contributed by atoms with van der Waals surface area (Å²) in [5.74, 6) is 12.4. The van der Waals surface area contributed by atoms with Crippen LogP contribution >= 0.6 is 0 Å². The van der Waals surface area contributed by atoms with Crippen molar-refractivity contribution in [3.05, 3.63) is 0 Å². The van der Waals surface area contributed by atoms with Crippen LogP contribution in [-0.4, -0.2) is 35.2 Å². The minimum atomic E-state index is 0.596. The quantitative estimate of drug-likeness (QED) is 0.582. The first-order valence-electron chi connectivity index (χ1n) is 7.80. The van der Waals surface area contributed by atoms with Crippen LogP contribution in [0.15, 0.2) is 0 Å². The van der Waals surface area contributed by atoms with Crippen molar-refractivity contribution in [1.29, 1.82) is 0 Å². The van der Waals surface area contributed by atoms with Crippen molar-refractivity contribution >= 4 is 0 Å². The third-order valence-corrected chi connectivity index (χ3v) is 4.70. The second-order valence-electron chi connectivity index (χ2n) is 6.06. The summed E-state index contributed by atoms with van der Waals surface area (Å²) in [4.78, 5) is 0. The molecule has 0 aliphatic heterocycles. The van der Waals surface area contributed by atoms with Crippen LogP contribution in [0, 0.1) is 0 Å². The van der Waals surface area contributed by atoms with Crippen LogP contribution in [0.5, 0.6) is 0 Å². The summed E-state index contributed by atoms with van der Waals surface area (Å²) >= 11 is 0. The highest BCUT2D eigenvalue weighted by atomic mass is 15.5. The maximum Gasteiger partial charge on any atom is 0.0273 e. The van der Waals surface area contributed by atoms with Crippen LogP contribution in [0.2, 0.25) is 0 Å². The second kappa shape index (κ2) is 7.43. The molecular formula is C14H30N4. The molecule has 2 aliphatic rings. The van der Waals surface area contributed by atoms with Gasteiger partial charge in [-0.3, -0.25) is 11.7 Å². The largest absolute Gasteiger partial charge is 0.268 e. The lowest BCUT2D eigenvalue weighted by molar-refractivity contribution is 0.103. The van der Waals surface area contributed by atoms with Gasteiger partial charge in [0.1, 0.15) is 0 Å². The van der Waals surface area contributed by atoms with Gasteiger partial charge in [0.25, 0.3) is 0 Å². The van der Waals surface area contributed by atoms with Gasteiger partial charge < -0.3 is 0 Å². The summed E-state index contributed by atoms with van der Waals surface area (Å²) in [5.41, 5.74) is 0. The fraction of sp³-hybridized carbons (Fsp3) is 1.00. The molecule has 0 amide bonds. The molecule has 0 atom stereocenters. The van der Waals surface area contributed by atoms with Crippen molar-refractivity contribution in [3.8, 4) is 0 Å². The summed E-state index contributed by atoms with van der Waals surface area (Å²) in [5, 5.41) is 4.09. The van der Waals surface area contributed by atoms with E-state index in [-0.39, 0.29) is 0 Å². The highest BCUT2D eigenvalue weighted by Crippen LogP contribution is 2.22. The van der Waals surface area contributed by atoms with E-state index in [4.69, 9.17) is 11.7 Å². The van der Waals surface area contributed by atoms with Gasteiger partial charge in [-0.2, -0.15) is 0 Å². The molecule has 4 N–H and O–H groups in total. The van der Waals surface area contributed by atoms with Gasteiger partial charge in [-0.25, -0.2) is 10.0 Å². The molecule has 2 fully saturated rings. The van der Waals surface area contributed by atoms with Crippen molar-refractivity contribution in [3.63, 3.8) is 0 Å². The third kappa shape index (κ3) is 4.19. The highest BCUT2D eigenvalue weighted by molar-refractivity contribution is 4.75. The maximum atomic E-state index is 6.18. The standard InChI is InChI=1S/C14H30N4/c15-17(13-7-3-1-4-8-13)11-12-18(16)14-9-5-2-6-10-14/h13-14H,1-12,15-16H2. The van der Waals surface area contributed by atoms with E-state index in [2.05, 4.69) is 0 Å². The number of hydrogen-bond donors (Lipinski definition) is 2. The molecule has 4 heteroatoms. The minimum absolute atomic E-state index is 0.596. The zero-order valence-corrected chi connectivity index (χ0v) is 11.7. The SMILES string of the molecule is NN(CCN(N)C1CCCCC1)C1CCCCC1. The number of nitrogens with zero attached hydrogens (tertiary/aromatic N) is 2. The van der Waals surface area contributed by atoms with Gasteiger partial charge in [0.05, 0.1) is 0 Å². The first-order valence-corrected chi connectivity index (χ1v) is 7.80. The lowest BCUT2D eigenvalue weighted by Crippen LogP contribution is -2.50. The molecule has 2 aliphatic carbocycles. The molecule has 2 saturated carbocycles. The first-order chi connectivity index (χ1) is 8.77. The topological polar surface area (TPSA) is 58.5 Å². The molecule has 0 aromatic carbocycles. The van der Waals surface area contributed by atoms with Crippen LogP contribution in [-0.2, 0) is 0 Å². The number of nitrogens with two attached hydrogens (primary N) is 2. The molecule has 0 unspecified atom stereocenters. The predicted molar refractivity (Wildman–Crippen MR) is 75.5 cm³/mol. The molecule has 2 rings (SSSR count). The van der Waals surface area contributed by atoms with E-state index in [1.807, 2.05) is 10.0 Å². The predicted octanol–water partition coefficient (Wildman–Crippen LogP) is 2.00. The van der Waals surface area contributed by atoms with Crippen LogP contribution < -0.4 is 11.7 Å². The Morgan fingerprint density at radius 3 is 1.28 bits per heavy atom. The van der Waals surface area contributed by atoms with Gasteiger partial charge in [-0.05, 0) is 25.7 Å². The summed E-state index contributed by atoms with van der Waals surface area (Å²) < 4.78 is 0. The van der Waals surface area contributed by atoms with Crippen LogP contribution in [0.1, 0.15) is 64.2 Å². The van der Waals surface area contributed by atoms with E-state index in [0.29, 0.717) is 12.1 Å². The maximum absolute atomic E-state index is 6.18. The van der Waals surface area contributed by atoms with Crippen molar-refractivity contribution in [2.75, 3.05) is 13.1 Å². The Morgan fingerprint density at radius 2 is 0.944 bits per heavy atom. The number of hydrazine groups is 2. The van der Waals surface area contributed by atoms with Crippen molar-refractivity contribution in [1.82, 2.24) is 10.0 Å². The highest BCUT2D eigenvalue weighted by Gasteiger charge is 2.21. The molecule has 0 saturated heterocycles. The molecule has 0 spiro atoms. The van der Waals surface area contributed by atoms with Crippen molar-refractivity contribution < 1.29 is 0 Å². The van der Waals surface area contributed by atoms with Gasteiger partial charge in [0, 0.05) is 25.2 Å². The van der Waals surface area contributed by atoms with E-state index in [1.54, 1.807) is 0 Å². The molecule has 0 bridgehead atoms. The monoisotopic (exact) mass is 254 g/mol. The summed E-state index contributed by atoms with van der Waals surface area (Å²) in [7, 11) is 0. The van der Waals surface area contributed by atoms with E-state index >= 15 is 0 Å². The van der Waals surface area contributed by atoms with E-state index in [9.17, 15) is 0 Å². The second-order valence-corrected chi connectivity index (χ2v) is 6.06. The lowest BCUT2D eigenvalue weighted by Gasteiger charge is -2.34. The molecule has 106 valence electrons. The summed E-state index contributed by atoms with van der Waals surface area (Å²) in [6.45, 7) is 1.83. The van der Waals surface area contributed by atoms with Crippen molar-refractivity contribution in [2.24, 2.45) is 11.7 Å². The van der Waals surface area contributed by atoms with Gasteiger partial charge in [0.2, 0.25) is 0 Å². The molecule has 0 aromatic rings. The average Bonchev–Trinajstić information content (AvgIpc) is 2.46. The molecule has 0 radical (unpaired) electrons. The molecule has 0 aromatic heterocycles. The average molecular weight is 254 g/mol. The fourth-order valence-corrected chi connectivity index (χ4v) is 3.42. The molecule has 4 nitrogen and oxygen atoms in total. The van der Waals surface area contributed by atoms with E-state index in [1.165, 1.54) is 64.2 Å². The minimum Gasteiger partial charge on any atom is -0.268 e. The van der Waals surface area contributed by atoms with Crippen molar-refractivity contribution in [2.45, 2.75) is 76.3 Å². The van der Waals surface area contributed by atoms with Crippen LogP contribution in [0.25, 0.3) is 0 Å². The Morgan fingerprint density at radius 1 is 0.611 bits per heavy atom. The summed E-state index contributed by atoms with van der Waals surface area (Å²) in [6, 6.07) is 1.19. The Labute approximate surface area is 112 Å². The Kier molecular flexibility index (Phi) is 5.89. The lowest BCUT2D eigenvalue weighted by atomic mass is 9.94. The Balaban J connectivity index is 1.66. The van der Waals surface area contributed by atoms with E-state index in [0.717, 1.165) is 13.1 Å². The first kappa shape index (κ1) is 14.3. The summed E-state index contributed by atoms with van der Waals surface area (Å²) in [6.07, 6.45) is 13.2. The van der Waals surface area contributed by atoms with Gasteiger partial charge in [-0.15, -0.1) is 0 Å². The van der Waals surface area contributed by atoms with Crippen LogP contribution in [0.4, 0.5) is 0 Å². The fourth-order valence-electron chi connectivity index (χ4n) is 3.42.